The number of carboxylic acids is 1. The summed E-state index contributed by atoms with van der Waals surface area (Å²) in [5.74, 6) is -34.5. The summed E-state index contributed by atoms with van der Waals surface area (Å²) in [5, 5.41) is 99.8. The van der Waals surface area contributed by atoms with E-state index in [4.69, 9.17) is 45.2 Å². The SMILES string of the molecule is C[C@@H]1NC(=O)[C@H](Cc2c[nH]cn2)NC(=O)[C@H](CC(=O)O)NC(=O)[C@H](CCCNC(=N)N)N[13C](=O)[13C@@H]2[13CH2]SS[13CH2][13C@H]([15NH]C(=O)[C@H](CC(N)=O)NC(=O)[C@@H]3CCC(=O)N3)[13C](=O)N[C@H]3C[Se][Se]C[C@H](NC(=O)[C@H](CCCNC(=N)N)NC1=O)C(=O)N[C@H](C(N)=O)CSSC[C@H](NC(=O)CNC(=O)CNC(=O)[C@H](CC(N)=O)NC3=O)C(=O)N[C@@H](CO)C(=O)N[C@@H](CO)C(=O)N[C@@H](CCCCN)C(=O)N[C@@H](Cc1c[nH]c3ccccc13)C(=O)[15NH]2. The van der Waals surface area contributed by atoms with E-state index in [0.29, 0.717) is 59.6 Å². The Morgan fingerprint density at radius 2 is 0.946 bits per heavy atom. The second-order valence-corrected chi connectivity index (χ2v) is 46.5. The predicted octanol–water partition coefficient (Wildman–Crippen LogP) is -16.2. The molecule has 0 saturated carbocycles. The third-order valence-corrected chi connectivity index (χ3v) is 34.3. The Morgan fingerprint density at radius 1 is 0.470 bits per heavy atom. The Labute approximate surface area is 875 Å². The van der Waals surface area contributed by atoms with Gasteiger partial charge in [0, 0.05) is 42.7 Å². The van der Waals surface area contributed by atoms with Crippen LogP contribution < -0.4 is 151 Å². The number of carboxylic acid groups (broad SMARTS) is 1. The molecule has 7 rings (SSSR count). The number of aromatic amines is 2. The fraction of sp³-hybridized carbons (Fsp3) is 0.554. The molecule has 1 aromatic carbocycles. The number of guanidine groups is 2. The van der Waals surface area contributed by atoms with Crippen LogP contribution in [0.1, 0.15) is 95.2 Å². The van der Waals surface area contributed by atoms with Crippen LogP contribution in [0.25, 0.3) is 10.9 Å². The van der Waals surface area contributed by atoms with Crippen molar-refractivity contribution >= 4 is 234 Å². The fourth-order valence-electron chi connectivity index (χ4n) is 14.4. The number of aromatic nitrogens is 3. The van der Waals surface area contributed by atoms with Crippen molar-refractivity contribution in [1.29, 1.82) is 10.8 Å². The Kier molecular flexibility index (Phi) is 51.1. The van der Waals surface area contributed by atoms with Crippen molar-refractivity contribution in [3.05, 3.63) is 54.2 Å². The Bertz CT molecular complexity index is 5350. The summed E-state index contributed by atoms with van der Waals surface area (Å²) in [4.78, 5) is 357. The summed E-state index contributed by atoms with van der Waals surface area (Å²) in [6, 6.07) is -28.2. The van der Waals surface area contributed by atoms with Crippen molar-refractivity contribution in [2.45, 2.75) is 216 Å². The molecule has 4 bridgehead atoms. The van der Waals surface area contributed by atoms with E-state index in [2.05, 4.69) is 132 Å². The molecule has 3 aromatic rings. The van der Waals surface area contributed by atoms with Crippen LogP contribution in [-0.4, -0.2) is 388 Å². The third kappa shape index (κ3) is 42.0. The number of amides is 23. The average molecular weight is 2310 g/mol. The van der Waals surface area contributed by atoms with E-state index >= 15 is 38.4 Å². The van der Waals surface area contributed by atoms with Gasteiger partial charge in [-0.25, -0.2) is 4.98 Å². The molecule has 0 aliphatic carbocycles. The first-order chi connectivity index (χ1) is 70.8. The topological polar surface area (TPSA) is 983 Å². The zero-order valence-corrected chi connectivity index (χ0v) is 86.7. The third-order valence-electron chi connectivity index (χ3n) is 22.3. The van der Waals surface area contributed by atoms with Crippen molar-refractivity contribution in [1.82, 2.24) is 132 Å². The summed E-state index contributed by atoms with van der Waals surface area (Å²) >= 11 is -2.30. The molecule has 4 aliphatic heterocycles. The molecule has 18 atom stereocenters. The van der Waals surface area contributed by atoms with Gasteiger partial charge in [0.2, 0.25) is 35.4 Å². The molecule has 4 aliphatic rings. The second-order valence-electron chi connectivity index (χ2n) is 33.9. The number of primary amides is 3. The average Bonchev–Trinajstić information content (AvgIpc) is 1.69. The van der Waals surface area contributed by atoms with Gasteiger partial charge in [-0.2, -0.15) is 0 Å². The Morgan fingerprint density at radius 3 is 1.51 bits per heavy atom. The van der Waals surface area contributed by atoms with Gasteiger partial charge in [-0.1, -0.05) is 18.2 Å². The number of aliphatic carboxylic acids is 1. The molecule has 41 N–H and O–H groups in total. The molecule has 149 heavy (non-hydrogen) atoms. The van der Waals surface area contributed by atoms with E-state index < -0.39 is 394 Å². The van der Waals surface area contributed by atoms with E-state index in [-0.39, 0.29) is 70.3 Å². The summed E-state index contributed by atoms with van der Waals surface area (Å²) < 4.78 is 0. The van der Waals surface area contributed by atoms with E-state index in [9.17, 15) is 92.0 Å². The number of para-hydroxylation sites is 1. The molecule has 0 spiro atoms. The molecular formula is C83H123N33O27S4Se2. The minimum absolute atomic E-state index is 0.00126. The number of nitrogens with one attached hydrogen (secondary N) is 26. The van der Waals surface area contributed by atoms with Crippen molar-refractivity contribution < 1.29 is 130 Å². The monoisotopic (exact) mass is 2310 g/mol. The number of fused-ring (bicyclic) bond motifs is 23. The van der Waals surface area contributed by atoms with Gasteiger partial charge < -0.3 is 63.3 Å². The van der Waals surface area contributed by atoms with Crippen molar-refractivity contribution in [2.24, 2.45) is 34.4 Å². The molecule has 4 saturated heterocycles. The number of carbonyl (C=O) groups excluding carboxylic acids is 23. The van der Waals surface area contributed by atoms with Crippen molar-refractivity contribution in [3.8, 4) is 0 Å². The fourth-order valence-corrected chi connectivity index (χ4v) is 26.1. The van der Waals surface area contributed by atoms with Crippen LogP contribution in [0.5, 0.6) is 0 Å². The first-order valence-electron chi connectivity index (χ1n) is 46.2. The number of hydrogen-bond donors (Lipinski definition) is 35. The van der Waals surface area contributed by atoms with Gasteiger partial charge in [-0.15, -0.1) is 0 Å². The van der Waals surface area contributed by atoms with Crippen LogP contribution in [0.3, 0.4) is 0 Å². The normalized spacial score (nSPS) is 25.6. The van der Waals surface area contributed by atoms with Gasteiger partial charge in [0.05, 0.1) is 31.7 Å². The molecule has 4 fully saturated rings. The van der Waals surface area contributed by atoms with Crippen LogP contribution in [0.2, 0.25) is 10.6 Å². The quantitative estimate of drug-likeness (QED) is 0.00448. The van der Waals surface area contributed by atoms with E-state index in [1.807, 2.05) is 0 Å². The number of nitrogens with two attached hydrogens (primary N) is 6. The molecule has 66 heteroatoms. The predicted molar refractivity (Wildman–Crippen MR) is 535 cm³/mol. The molecule has 60 nitrogen and oxygen atoms in total. The molecular weight excluding hydrogens is 2190 g/mol. The van der Waals surface area contributed by atoms with Gasteiger partial charge in [0.1, 0.15) is 36.3 Å². The standard InChI is InChI=1S/C83H123N33O27S4Se2/c1-36-65(127)102-42(11-6-16-93-82(88)89)69(131)115-57-34-149-148-33-56-80(142)107-47(20-58(85)119)66(128)97-25-61(122)96-26-62(123)101-53(30-145-144-29-52(64(87)126)112-81(57)143)77(139)111-51(28-118)76(138)110-50(27-117)75(137)103-41(10-4-5-15-84)67(129)105-45(18-37-23-95-40-9-3-2-8-39(37)40)72(134)113-54(31-146-147-32-55(79(141)116-56)114-73(135)48(21-59(86)120)108-70(132)44-13-14-60(121)100-44)78(140)104-43(12-7-17-94-83(90)91)68(130)109-49(22-63(124)125)74(136)106-46(71(133)99-36)19-38-24-92-35-98-38/h2-3,8-9,23-24,35-36,41-57,95,117-118H,4-7,10-22,25-34,84H2,1H3,(H2,85,119)(H2,86,120)(H2,87,126)(H,92,98)(H,96,122)(H,97,128)(H,99,133)(H,100,121)(H,101,123)(H,102,127)(H,103,137)(H,104,140)(H,105,129)(H,106,136)(H,107,142)(H,108,132)(H,109,130)(H,110,138)(H,111,139)(H,112,143)(H,113,134)(H,114,135)(H,115,131)(H,116,141)(H,124,125)(H4,88,89,93)(H4,90,91,94)/t36-,41-,42-,43-,44-,45-,46-,47-,48-,49-,50-,51-,52-,53-,54-,55-,56-,57-/m0/s1/i31+1,32+1,54+1,55+1,78+1,79+1,113+1,114+1. The van der Waals surface area contributed by atoms with Crippen molar-refractivity contribution in [2.75, 3.05) is 68.9 Å². The van der Waals surface area contributed by atoms with Crippen LogP contribution in [0.15, 0.2) is 43.0 Å². The molecule has 6 heterocycles. The second kappa shape index (κ2) is 62.4. The van der Waals surface area contributed by atoms with E-state index in [0.717, 1.165) is 6.92 Å². The summed E-state index contributed by atoms with van der Waals surface area (Å²) in [6.07, 6.45) is -2.37. The maximum absolute atomic E-state index is 15.9. The Balaban J connectivity index is 1.54. The molecule has 0 radical (unpaired) electrons. The molecule has 0 unspecified atom stereocenters. The van der Waals surface area contributed by atoms with E-state index in [1.54, 1.807) is 24.3 Å². The number of imidazole rings is 1. The zero-order valence-electron chi connectivity index (χ0n) is 80.0. The number of nitrogens with zero attached hydrogens (tertiary/aromatic N) is 1. The summed E-state index contributed by atoms with van der Waals surface area (Å²) in [6.45, 7) is -4.03. The van der Waals surface area contributed by atoms with Gasteiger partial charge >= 0.3 is 544 Å². The Hall–Kier alpha value is -13.9. The minimum atomic E-state index is -2.23. The first-order valence-corrected chi connectivity index (χ1v) is 58.0. The number of carbonyl (C=O) groups is 24. The number of hydrogen-bond acceptors (Lipinski definition) is 34. The first kappa shape index (κ1) is 122. The summed E-state index contributed by atoms with van der Waals surface area (Å²) in [5.41, 5.74) is 35.2. The van der Waals surface area contributed by atoms with Crippen LogP contribution in [0.4, 0.5) is 0 Å². The van der Waals surface area contributed by atoms with Crippen LogP contribution in [-0.2, 0) is 128 Å². The number of aliphatic hydroxyl groups excluding tert-OH is 2. The zero-order chi connectivity index (χ0) is 110. The summed E-state index contributed by atoms with van der Waals surface area (Å²) in [7, 11) is 2.49. The van der Waals surface area contributed by atoms with Crippen LogP contribution in [0, 0.1) is 10.8 Å². The van der Waals surface area contributed by atoms with Crippen LogP contribution >= 0.6 is 43.2 Å². The van der Waals surface area contributed by atoms with Gasteiger partial charge in [0.25, 0.3) is 0 Å². The molecule has 2 aromatic heterocycles. The number of unbranched alkanes of at least 4 members (excludes halogenated alkanes) is 1. The molecule has 818 valence electrons. The molecule has 23 amide bonds. The van der Waals surface area contributed by atoms with Gasteiger partial charge in [-0.3, -0.25) is 48.6 Å². The maximum atomic E-state index is 15.9. The number of aliphatic hydroxyl groups is 2. The number of H-pyrrole nitrogens is 2. The van der Waals surface area contributed by atoms with E-state index in [1.165, 1.54) is 18.7 Å². The van der Waals surface area contributed by atoms with Gasteiger partial charge in [0.15, 0.2) is 5.96 Å². The number of benzene rings is 1. The number of rotatable bonds is 29. The van der Waals surface area contributed by atoms with Gasteiger partial charge in [-0.05, 0) is 50.3 Å². The van der Waals surface area contributed by atoms with Crippen molar-refractivity contribution in [3.63, 3.8) is 0 Å².